The third-order valence-electron chi connectivity index (χ3n) is 6.33. The molecule has 0 saturated carbocycles. The standard InChI is InChI=1S/C25H34N2O6/c1-26-18-10-8-15-12-21(29-3)24(32-6)25(33-7)23(15)16-9-11-19(20(28)13-17(16)18)27(2)14-22(30-4)31-5/h9,11-13,18,22,26H,8,10,14H2,1-7H3/p+1/t18-/m1/s1. The monoisotopic (exact) mass is 459 g/mol. The molecule has 2 aromatic rings. The van der Waals surface area contributed by atoms with Gasteiger partial charge in [0.2, 0.25) is 11.2 Å². The number of anilines is 1. The highest BCUT2D eigenvalue weighted by Crippen LogP contribution is 2.49. The van der Waals surface area contributed by atoms with E-state index in [1.54, 1.807) is 41.6 Å². The van der Waals surface area contributed by atoms with Gasteiger partial charge < -0.3 is 33.9 Å². The molecule has 180 valence electrons. The number of nitrogens with zero attached hydrogens (tertiary/aromatic N) is 1. The van der Waals surface area contributed by atoms with Crippen LogP contribution in [0.5, 0.6) is 17.2 Å². The van der Waals surface area contributed by atoms with Gasteiger partial charge in [0.1, 0.15) is 6.04 Å². The average Bonchev–Trinajstić information content (AvgIpc) is 3.08. The van der Waals surface area contributed by atoms with Crippen LogP contribution in [-0.2, 0) is 15.9 Å². The molecule has 1 aliphatic carbocycles. The molecule has 0 heterocycles. The van der Waals surface area contributed by atoms with Gasteiger partial charge in [-0.2, -0.15) is 0 Å². The average molecular weight is 460 g/mol. The topological polar surface area (TPSA) is 83.1 Å². The lowest BCUT2D eigenvalue weighted by Gasteiger charge is -2.22. The maximum absolute atomic E-state index is 13.3. The molecule has 0 aromatic heterocycles. The van der Waals surface area contributed by atoms with Gasteiger partial charge in [-0.3, -0.25) is 4.79 Å². The summed E-state index contributed by atoms with van der Waals surface area (Å²) in [6.45, 7) is 0.422. The Morgan fingerprint density at radius 1 is 1.03 bits per heavy atom. The van der Waals surface area contributed by atoms with E-state index < -0.39 is 6.29 Å². The fourth-order valence-electron chi connectivity index (χ4n) is 4.56. The van der Waals surface area contributed by atoms with Gasteiger partial charge in [-0.15, -0.1) is 0 Å². The first kappa shape index (κ1) is 24.8. The molecule has 1 aliphatic rings. The Balaban J connectivity index is 2.28. The maximum atomic E-state index is 13.3. The lowest BCUT2D eigenvalue weighted by molar-refractivity contribution is -0.670. The van der Waals surface area contributed by atoms with E-state index in [0.29, 0.717) is 29.5 Å². The van der Waals surface area contributed by atoms with Crippen molar-refractivity contribution in [3.05, 3.63) is 45.6 Å². The molecule has 0 saturated heterocycles. The Labute approximate surface area is 195 Å². The van der Waals surface area contributed by atoms with Crippen LogP contribution in [0.2, 0.25) is 0 Å². The molecule has 1 atom stereocenters. The van der Waals surface area contributed by atoms with Gasteiger partial charge in [0.25, 0.3) is 0 Å². The number of methoxy groups -OCH3 is 5. The van der Waals surface area contributed by atoms with Gasteiger partial charge >= 0.3 is 0 Å². The van der Waals surface area contributed by atoms with E-state index in [9.17, 15) is 4.79 Å². The van der Waals surface area contributed by atoms with Crippen LogP contribution < -0.4 is 29.9 Å². The molecule has 0 spiro atoms. The highest BCUT2D eigenvalue weighted by molar-refractivity contribution is 5.82. The van der Waals surface area contributed by atoms with Crippen molar-refractivity contribution >= 4 is 5.69 Å². The zero-order valence-electron chi connectivity index (χ0n) is 20.6. The minimum absolute atomic E-state index is 0.0561. The normalized spacial score (nSPS) is 14.8. The quantitative estimate of drug-likeness (QED) is 0.574. The van der Waals surface area contributed by atoms with Crippen LogP contribution in [0.25, 0.3) is 11.1 Å². The van der Waals surface area contributed by atoms with Crippen LogP contribution in [0, 0.1) is 0 Å². The van der Waals surface area contributed by atoms with Crippen LogP contribution >= 0.6 is 0 Å². The molecule has 0 bridgehead atoms. The van der Waals surface area contributed by atoms with Gasteiger partial charge in [-0.25, -0.2) is 0 Å². The number of hydrogen-bond acceptors (Lipinski definition) is 7. The summed E-state index contributed by atoms with van der Waals surface area (Å²) in [5.41, 5.74) is 4.47. The molecule has 8 nitrogen and oxygen atoms in total. The number of fused-ring (bicyclic) bond motifs is 3. The Morgan fingerprint density at radius 2 is 1.73 bits per heavy atom. The van der Waals surface area contributed by atoms with Gasteiger partial charge in [0.15, 0.2) is 17.8 Å². The van der Waals surface area contributed by atoms with E-state index in [0.717, 1.165) is 35.1 Å². The van der Waals surface area contributed by atoms with Crippen molar-refractivity contribution in [2.75, 3.05) is 61.1 Å². The predicted molar refractivity (Wildman–Crippen MR) is 128 cm³/mol. The summed E-state index contributed by atoms with van der Waals surface area (Å²) in [7, 11) is 11.9. The number of aryl methyl sites for hydroxylation is 1. The molecular weight excluding hydrogens is 424 g/mol. The minimum atomic E-state index is -0.438. The Bertz CT molecular complexity index is 1040. The molecule has 3 rings (SSSR count). The molecule has 2 N–H and O–H groups in total. The van der Waals surface area contributed by atoms with Gasteiger partial charge in [-0.05, 0) is 35.7 Å². The van der Waals surface area contributed by atoms with E-state index in [1.165, 1.54) is 0 Å². The van der Waals surface area contributed by atoms with Gasteiger partial charge in [0, 0.05) is 38.8 Å². The lowest BCUT2D eigenvalue weighted by atomic mass is 9.95. The number of nitrogens with two attached hydrogens (primary N) is 1. The number of quaternary nitrogens is 1. The third-order valence-corrected chi connectivity index (χ3v) is 6.33. The first-order valence-corrected chi connectivity index (χ1v) is 11.0. The van der Waals surface area contributed by atoms with Crippen molar-refractivity contribution < 1.29 is 29.0 Å². The van der Waals surface area contributed by atoms with Gasteiger partial charge in [-0.1, -0.05) is 6.07 Å². The molecule has 0 fully saturated rings. The Hall–Kier alpha value is -2.81. The molecule has 8 heteroatoms. The first-order valence-electron chi connectivity index (χ1n) is 11.0. The molecule has 0 aliphatic heterocycles. The highest BCUT2D eigenvalue weighted by Gasteiger charge is 2.30. The van der Waals surface area contributed by atoms with Crippen molar-refractivity contribution in [3.8, 4) is 28.4 Å². The zero-order valence-corrected chi connectivity index (χ0v) is 20.6. The van der Waals surface area contributed by atoms with Crippen LogP contribution in [0.1, 0.15) is 23.6 Å². The number of hydrogen-bond donors (Lipinski definition) is 1. The SMILES string of the molecule is C[NH2+][C@@H]1CCc2cc(OC)c(OC)c(OC)c2-c2ccc(N(C)CC(OC)OC)c(=O)cc21. The first-order chi connectivity index (χ1) is 15.9. The van der Waals surface area contributed by atoms with E-state index in [1.807, 2.05) is 37.2 Å². The van der Waals surface area contributed by atoms with Crippen LogP contribution in [-0.4, -0.2) is 62.5 Å². The van der Waals surface area contributed by atoms with Gasteiger partial charge in [0.05, 0.1) is 40.6 Å². The maximum Gasteiger partial charge on any atom is 0.203 e. The number of rotatable bonds is 9. The largest absolute Gasteiger partial charge is 0.493 e. The fraction of sp³-hybridized carbons (Fsp3) is 0.480. The zero-order chi connectivity index (χ0) is 24.1. The second-order valence-corrected chi connectivity index (χ2v) is 8.04. The summed E-state index contributed by atoms with van der Waals surface area (Å²) < 4.78 is 27.7. The third kappa shape index (κ3) is 4.78. The second kappa shape index (κ2) is 10.9. The van der Waals surface area contributed by atoms with Crippen LogP contribution in [0.3, 0.4) is 0 Å². The van der Waals surface area contributed by atoms with Crippen LogP contribution in [0.15, 0.2) is 29.1 Å². The van der Waals surface area contributed by atoms with Crippen molar-refractivity contribution in [3.63, 3.8) is 0 Å². The van der Waals surface area contributed by atoms with E-state index in [4.69, 9.17) is 23.7 Å². The molecule has 0 unspecified atom stereocenters. The molecule has 0 radical (unpaired) electrons. The van der Waals surface area contributed by atoms with E-state index in [-0.39, 0.29) is 11.5 Å². The fourth-order valence-corrected chi connectivity index (χ4v) is 4.56. The lowest BCUT2D eigenvalue weighted by Crippen LogP contribution is -2.81. The van der Waals surface area contributed by atoms with Crippen molar-refractivity contribution in [2.24, 2.45) is 0 Å². The van der Waals surface area contributed by atoms with Crippen molar-refractivity contribution in [2.45, 2.75) is 25.2 Å². The van der Waals surface area contributed by atoms with Crippen molar-refractivity contribution in [1.82, 2.24) is 0 Å². The Kier molecular flexibility index (Phi) is 8.18. The smallest absolute Gasteiger partial charge is 0.203 e. The van der Waals surface area contributed by atoms with Crippen molar-refractivity contribution in [1.29, 1.82) is 0 Å². The summed E-state index contributed by atoms with van der Waals surface area (Å²) in [5.74, 6) is 1.78. The summed E-state index contributed by atoms with van der Waals surface area (Å²) in [4.78, 5) is 15.2. The van der Waals surface area contributed by atoms with E-state index >= 15 is 0 Å². The molecule has 0 amide bonds. The number of ether oxygens (including phenoxy) is 5. The number of benzene rings is 1. The summed E-state index contributed by atoms with van der Waals surface area (Å²) in [5, 5.41) is 2.15. The second-order valence-electron chi connectivity index (χ2n) is 8.04. The highest BCUT2D eigenvalue weighted by atomic mass is 16.7. The summed E-state index contributed by atoms with van der Waals surface area (Å²) in [6.07, 6.45) is 1.26. The summed E-state index contributed by atoms with van der Waals surface area (Å²) in [6, 6.07) is 7.76. The number of likely N-dealkylation sites (N-methyl/N-ethyl adjacent to an activating group) is 1. The molecule has 2 aromatic carbocycles. The van der Waals surface area contributed by atoms with Crippen LogP contribution in [0.4, 0.5) is 5.69 Å². The minimum Gasteiger partial charge on any atom is -0.493 e. The predicted octanol–water partition coefficient (Wildman–Crippen LogP) is 1.98. The Morgan fingerprint density at radius 3 is 2.30 bits per heavy atom. The summed E-state index contributed by atoms with van der Waals surface area (Å²) >= 11 is 0. The molecular formula is C25H35N2O6+. The van der Waals surface area contributed by atoms with E-state index in [2.05, 4.69) is 5.32 Å². The molecule has 33 heavy (non-hydrogen) atoms.